The quantitative estimate of drug-likeness (QED) is 0.675. The van der Waals surface area contributed by atoms with Crippen LogP contribution < -0.4 is 5.73 Å². The van der Waals surface area contributed by atoms with E-state index in [1.54, 1.807) is 0 Å². The minimum absolute atomic E-state index is 0.157. The van der Waals surface area contributed by atoms with E-state index in [4.69, 9.17) is 17.3 Å². The predicted molar refractivity (Wildman–Crippen MR) is 75.3 cm³/mol. The lowest BCUT2D eigenvalue weighted by Crippen LogP contribution is -2.09. The van der Waals surface area contributed by atoms with Crippen LogP contribution >= 0.6 is 11.6 Å². The van der Waals surface area contributed by atoms with Crippen LogP contribution in [0.3, 0.4) is 0 Å². The third-order valence-electron chi connectivity index (χ3n) is 2.93. The normalized spacial score (nSPS) is 11.4. The summed E-state index contributed by atoms with van der Waals surface area (Å²) < 4.78 is 37.9. The Morgan fingerprint density at radius 3 is 2.48 bits per heavy atom. The van der Waals surface area contributed by atoms with Gasteiger partial charge < -0.3 is 5.73 Å². The molecular weight excluding hydrogens is 303 g/mol. The van der Waals surface area contributed by atoms with Gasteiger partial charge in [0.2, 0.25) is 0 Å². The third kappa shape index (κ3) is 3.76. The zero-order chi connectivity index (χ0) is 15.6. The molecule has 2 nitrogen and oxygen atoms in total. The summed E-state index contributed by atoms with van der Waals surface area (Å²) in [7, 11) is 0. The standard InChI is InChI=1S/C15H11ClF3NO/c16-11-4-5-12(13(20)8-11)14(21)7-9-2-1-3-10(6-9)15(17,18)19/h1-6,8H,7,20H2. The van der Waals surface area contributed by atoms with Gasteiger partial charge in [0.15, 0.2) is 5.78 Å². The van der Waals surface area contributed by atoms with E-state index >= 15 is 0 Å². The maximum Gasteiger partial charge on any atom is 0.416 e. The topological polar surface area (TPSA) is 43.1 Å². The van der Waals surface area contributed by atoms with Crippen molar-refractivity contribution in [1.29, 1.82) is 0 Å². The first-order valence-electron chi connectivity index (χ1n) is 6.02. The van der Waals surface area contributed by atoms with Crippen molar-refractivity contribution in [3.63, 3.8) is 0 Å². The molecular formula is C15H11ClF3NO. The van der Waals surface area contributed by atoms with Gasteiger partial charge in [-0.05, 0) is 29.8 Å². The second kappa shape index (κ2) is 5.77. The molecule has 21 heavy (non-hydrogen) atoms. The minimum Gasteiger partial charge on any atom is -0.398 e. The fourth-order valence-corrected chi connectivity index (χ4v) is 2.11. The van der Waals surface area contributed by atoms with Crippen molar-refractivity contribution in [1.82, 2.24) is 0 Å². The first-order chi connectivity index (χ1) is 9.77. The smallest absolute Gasteiger partial charge is 0.398 e. The Hall–Kier alpha value is -2.01. The number of anilines is 1. The van der Waals surface area contributed by atoms with Crippen molar-refractivity contribution in [2.45, 2.75) is 12.6 Å². The highest BCUT2D eigenvalue weighted by molar-refractivity contribution is 6.31. The van der Waals surface area contributed by atoms with Crippen LogP contribution in [0.2, 0.25) is 5.02 Å². The van der Waals surface area contributed by atoms with E-state index in [0.717, 1.165) is 12.1 Å². The largest absolute Gasteiger partial charge is 0.416 e. The molecule has 0 radical (unpaired) electrons. The predicted octanol–water partition coefficient (Wildman–Crippen LogP) is 4.37. The minimum atomic E-state index is -4.43. The Kier molecular flexibility index (Phi) is 4.23. The van der Waals surface area contributed by atoms with Crippen molar-refractivity contribution in [3.05, 3.63) is 64.2 Å². The number of nitrogens with two attached hydrogens (primary N) is 1. The second-order valence-electron chi connectivity index (χ2n) is 4.53. The zero-order valence-corrected chi connectivity index (χ0v) is 11.5. The Bertz CT molecular complexity index is 683. The maximum absolute atomic E-state index is 12.6. The number of nitrogen functional groups attached to an aromatic ring is 1. The van der Waals surface area contributed by atoms with E-state index in [2.05, 4.69) is 0 Å². The SMILES string of the molecule is Nc1cc(Cl)ccc1C(=O)Cc1cccc(C(F)(F)F)c1. The molecule has 2 N–H and O–H groups in total. The van der Waals surface area contributed by atoms with Crippen LogP contribution in [0, 0.1) is 0 Å². The lowest BCUT2D eigenvalue weighted by atomic mass is 10.00. The summed E-state index contributed by atoms with van der Waals surface area (Å²) in [5, 5.41) is 0.392. The number of hydrogen-bond donors (Lipinski definition) is 1. The molecule has 2 aromatic carbocycles. The molecule has 0 saturated heterocycles. The first kappa shape index (κ1) is 15.4. The van der Waals surface area contributed by atoms with Gasteiger partial charge in [0.1, 0.15) is 0 Å². The van der Waals surface area contributed by atoms with Gasteiger partial charge in [-0.3, -0.25) is 4.79 Å². The number of carbonyl (C=O) groups excluding carboxylic acids is 1. The molecule has 0 atom stereocenters. The van der Waals surface area contributed by atoms with E-state index in [9.17, 15) is 18.0 Å². The lowest BCUT2D eigenvalue weighted by Gasteiger charge is -2.09. The number of Topliss-reactive ketones (excluding diaryl/α,β-unsaturated/α-hetero) is 1. The molecule has 0 fully saturated rings. The van der Waals surface area contributed by atoms with Crippen LogP contribution in [-0.4, -0.2) is 5.78 Å². The third-order valence-corrected chi connectivity index (χ3v) is 3.17. The summed E-state index contributed by atoms with van der Waals surface area (Å²) in [6.07, 6.45) is -4.59. The fourth-order valence-electron chi connectivity index (χ4n) is 1.93. The highest BCUT2D eigenvalue weighted by atomic mass is 35.5. The molecule has 2 aromatic rings. The molecule has 2 rings (SSSR count). The monoisotopic (exact) mass is 313 g/mol. The van der Waals surface area contributed by atoms with E-state index in [-0.39, 0.29) is 29.0 Å². The highest BCUT2D eigenvalue weighted by Crippen LogP contribution is 2.30. The average Bonchev–Trinajstić information content (AvgIpc) is 2.37. The number of benzene rings is 2. The van der Waals surface area contributed by atoms with Gasteiger partial charge in [0.05, 0.1) is 5.56 Å². The number of alkyl halides is 3. The van der Waals surface area contributed by atoms with E-state index < -0.39 is 11.7 Å². The summed E-state index contributed by atoms with van der Waals surface area (Å²) in [6, 6.07) is 9.08. The van der Waals surface area contributed by atoms with Crippen LogP contribution in [0.15, 0.2) is 42.5 Å². The van der Waals surface area contributed by atoms with Gasteiger partial charge in [-0.25, -0.2) is 0 Å². The summed E-state index contributed by atoms with van der Waals surface area (Å²) in [5.41, 5.74) is 5.65. The molecule has 0 heterocycles. The number of rotatable bonds is 3. The molecule has 0 amide bonds. The highest BCUT2D eigenvalue weighted by Gasteiger charge is 2.30. The maximum atomic E-state index is 12.6. The first-order valence-corrected chi connectivity index (χ1v) is 6.39. The van der Waals surface area contributed by atoms with Gasteiger partial charge in [0, 0.05) is 22.7 Å². The molecule has 0 aliphatic carbocycles. The van der Waals surface area contributed by atoms with Gasteiger partial charge >= 0.3 is 6.18 Å². The van der Waals surface area contributed by atoms with Crippen molar-refractivity contribution in [3.8, 4) is 0 Å². The van der Waals surface area contributed by atoms with Crippen LogP contribution in [0.25, 0.3) is 0 Å². The van der Waals surface area contributed by atoms with Crippen molar-refractivity contribution in [2.24, 2.45) is 0 Å². The van der Waals surface area contributed by atoms with Gasteiger partial charge in [-0.15, -0.1) is 0 Å². The summed E-state index contributed by atoms with van der Waals surface area (Å²) in [4.78, 5) is 12.1. The van der Waals surface area contributed by atoms with Crippen LogP contribution in [-0.2, 0) is 12.6 Å². The molecule has 6 heteroatoms. The van der Waals surface area contributed by atoms with Crippen molar-refractivity contribution in [2.75, 3.05) is 5.73 Å². The number of hydrogen-bond acceptors (Lipinski definition) is 2. The van der Waals surface area contributed by atoms with Crippen LogP contribution in [0.4, 0.5) is 18.9 Å². The zero-order valence-electron chi connectivity index (χ0n) is 10.7. The molecule has 0 unspecified atom stereocenters. The summed E-state index contributed by atoms with van der Waals surface area (Å²) >= 11 is 5.74. The molecule has 0 bridgehead atoms. The molecule has 0 aromatic heterocycles. The summed E-state index contributed by atoms with van der Waals surface area (Å²) in [6.45, 7) is 0. The van der Waals surface area contributed by atoms with Crippen LogP contribution in [0.5, 0.6) is 0 Å². The van der Waals surface area contributed by atoms with E-state index in [1.807, 2.05) is 0 Å². The Morgan fingerprint density at radius 1 is 1.14 bits per heavy atom. The van der Waals surface area contributed by atoms with E-state index in [0.29, 0.717) is 5.02 Å². The Balaban J connectivity index is 2.24. The van der Waals surface area contributed by atoms with Gasteiger partial charge in [-0.2, -0.15) is 13.2 Å². The van der Waals surface area contributed by atoms with Gasteiger partial charge in [0.25, 0.3) is 0 Å². The van der Waals surface area contributed by atoms with Crippen molar-refractivity contribution < 1.29 is 18.0 Å². The van der Waals surface area contributed by atoms with Crippen molar-refractivity contribution >= 4 is 23.1 Å². The molecule has 0 spiro atoms. The average molecular weight is 314 g/mol. The summed E-state index contributed by atoms with van der Waals surface area (Å²) in [5.74, 6) is -0.358. The Labute approximate surface area is 124 Å². The lowest BCUT2D eigenvalue weighted by molar-refractivity contribution is -0.137. The second-order valence-corrected chi connectivity index (χ2v) is 4.97. The number of ketones is 1. The van der Waals surface area contributed by atoms with E-state index in [1.165, 1.54) is 30.3 Å². The number of halogens is 4. The molecule has 0 aliphatic rings. The van der Waals surface area contributed by atoms with Crippen LogP contribution in [0.1, 0.15) is 21.5 Å². The molecule has 110 valence electrons. The van der Waals surface area contributed by atoms with Gasteiger partial charge in [-0.1, -0.05) is 29.8 Å². The fraction of sp³-hybridized carbons (Fsp3) is 0.133. The molecule has 0 saturated carbocycles. The number of carbonyl (C=O) groups is 1. The Morgan fingerprint density at radius 2 is 1.86 bits per heavy atom. The molecule has 0 aliphatic heterocycles.